The molecule has 0 saturated carbocycles. The van der Waals surface area contributed by atoms with Gasteiger partial charge in [0.15, 0.2) is 0 Å². The summed E-state index contributed by atoms with van der Waals surface area (Å²) in [5, 5.41) is 11.6. The molecule has 1 fully saturated rings. The fourth-order valence-electron chi connectivity index (χ4n) is 3.59. The maximum atomic E-state index is 11.6. The molecule has 0 radical (unpaired) electrons. The molecule has 1 aliphatic heterocycles. The molecule has 0 aromatic heterocycles. The number of rotatable bonds is 7. The van der Waals surface area contributed by atoms with E-state index in [1.54, 1.807) is 0 Å². The maximum Gasteiger partial charge on any atom is 0.119 e. The highest BCUT2D eigenvalue weighted by molar-refractivity contribution is 5.35. The van der Waals surface area contributed by atoms with Crippen molar-refractivity contribution in [2.24, 2.45) is 0 Å². The van der Waals surface area contributed by atoms with Crippen molar-refractivity contribution in [3.05, 3.63) is 65.7 Å². The second-order valence-electron chi connectivity index (χ2n) is 6.98. The first kappa shape index (κ1) is 18.9. The van der Waals surface area contributed by atoms with Gasteiger partial charge in [-0.2, -0.15) is 0 Å². The fraction of sp³-hybridized carbons (Fsp3) is 0.455. The lowest BCUT2D eigenvalue weighted by molar-refractivity contribution is -0.0107. The van der Waals surface area contributed by atoms with E-state index in [0.29, 0.717) is 6.61 Å². The number of hydrogen-bond acceptors (Lipinski definition) is 4. The molecule has 140 valence electrons. The Hall–Kier alpha value is -1.88. The van der Waals surface area contributed by atoms with E-state index < -0.39 is 5.60 Å². The average molecular weight is 355 g/mol. The molecule has 1 aliphatic rings. The van der Waals surface area contributed by atoms with Gasteiger partial charge in [-0.3, -0.25) is 4.90 Å². The number of benzene rings is 2. The van der Waals surface area contributed by atoms with Crippen LogP contribution in [-0.2, 0) is 10.3 Å². The third-order valence-corrected chi connectivity index (χ3v) is 5.17. The Morgan fingerprint density at radius 2 is 1.73 bits per heavy atom. The second-order valence-corrected chi connectivity index (χ2v) is 6.98. The summed E-state index contributed by atoms with van der Waals surface area (Å²) < 4.78 is 11.0. The van der Waals surface area contributed by atoms with Crippen LogP contribution in [0.15, 0.2) is 54.6 Å². The highest BCUT2D eigenvalue weighted by Gasteiger charge is 2.36. The number of hydrogen-bond donors (Lipinski definition) is 1. The van der Waals surface area contributed by atoms with Gasteiger partial charge < -0.3 is 14.6 Å². The van der Waals surface area contributed by atoms with Crippen molar-refractivity contribution in [1.29, 1.82) is 0 Å². The van der Waals surface area contributed by atoms with Crippen molar-refractivity contribution in [3.8, 4) is 5.75 Å². The molecule has 2 aromatic carbocycles. The molecule has 3 rings (SSSR count). The van der Waals surface area contributed by atoms with Gasteiger partial charge >= 0.3 is 0 Å². The Morgan fingerprint density at radius 3 is 2.35 bits per heavy atom. The Bertz CT molecular complexity index is 664. The molecule has 2 atom stereocenters. The Labute approximate surface area is 156 Å². The van der Waals surface area contributed by atoms with Gasteiger partial charge in [-0.25, -0.2) is 0 Å². The highest BCUT2D eigenvalue weighted by atomic mass is 16.5. The van der Waals surface area contributed by atoms with Gasteiger partial charge in [0.05, 0.1) is 25.4 Å². The molecule has 1 heterocycles. The quantitative estimate of drug-likeness (QED) is 0.826. The van der Waals surface area contributed by atoms with Crippen LogP contribution < -0.4 is 4.74 Å². The van der Waals surface area contributed by atoms with E-state index >= 15 is 0 Å². The van der Waals surface area contributed by atoms with E-state index in [0.717, 1.165) is 49.7 Å². The largest absolute Gasteiger partial charge is 0.494 e. The highest BCUT2D eigenvalue weighted by Crippen LogP contribution is 2.38. The lowest BCUT2D eigenvalue weighted by Gasteiger charge is -2.38. The van der Waals surface area contributed by atoms with E-state index in [2.05, 4.69) is 17.0 Å². The van der Waals surface area contributed by atoms with Crippen LogP contribution in [0.25, 0.3) is 0 Å². The molecular weight excluding hydrogens is 326 g/mol. The van der Waals surface area contributed by atoms with Gasteiger partial charge in [0.1, 0.15) is 5.75 Å². The van der Waals surface area contributed by atoms with Crippen molar-refractivity contribution in [2.75, 3.05) is 39.5 Å². The van der Waals surface area contributed by atoms with Crippen molar-refractivity contribution in [2.45, 2.75) is 25.4 Å². The minimum absolute atomic E-state index is 0.0280. The topological polar surface area (TPSA) is 41.9 Å². The number of ether oxygens (including phenoxy) is 2. The van der Waals surface area contributed by atoms with Crippen LogP contribution in [0, 0.1) is 0 Å². The maximum absolute atomic E-state index is 11.6. The van der Waals surface area contributed by atoms with Gasteiger partial charge in [0.25, 0.3) is 0 Å². The second kappa shape index (κ2) is 8.67. The summed E-state index contributed by atoms with van der Waals surface area (Å²) in [6.07, 6.45) is 0. The average Bonchev–Trinajstić information content (AvgIpc) is 2.68. The Morgan fingerprint density at radius 1 is 1.08 bits per heavy atom. The van der Waals surface area contributed by atoms with Crippen LogP contribution in [0.3, 0.4) is 0 Å². The lowest BCUT2D eigenvalue weighted by Crippen LogP contribution is -2.43. The summed E-state index contributed by atoms with van der Waals surface area (Å²) in [5.74, 6) is 0.802. The number of morpholine rings is 1. The summed E-state index contributed by atoms with van der Waals surface area (Å²) in [5.41, 5.74) is 1.07. The summed E-state index contributed by atoms with van der Waals surface area (Å²) in [4.78, 5) is 2.38. The molecule has 0 amide bonds. The Balaban J connectivity index is 1.88. The van der Waals surface area contributed by atoms with Crippen molar-refractivity contribution in [1.82, 2.24) is 4.90 Å². The molecular formula is C22H29NO3. The molecule has 0 aliphatic carbocycles. The minimum atomic E-state index is -0.982. The number of aliphatic hydroxyl groups is 1. The Kier molecular flexibility index (Phi) is 6.30. The predicted molar refractivity (Wildman–Crippen MR) is 104 cm³/mol. The molecule has 26 heavy (non-hydrogen) atoms. The summed E-state index contributed by atoms with van der Waals surface area (Å²) in [6.45, 7) is 8.65. The zero-order valence-corrected chi connectivity index (χ0v) is 15.7. The monoisotopic (exact) mass is 355 g/mol. The molecule has 0 spiro atoms. The van der Waals surface area contributed by atoms with Gasteiger partial charge in [0.2, 0.25) is 0 Å². The summed E-state index contributed by atoms with van der Waals surface area (Å²) in [6, 6.07) is 18.1. The predicted octanol–water partition coefficient (Wildman–Crippen LogP) is 3.41. The van der Waals surface area contributed by atoms with Gasteiger partial charge in [-0.15, -0.1) is 0 Å². The molecule has 4 nitrogen and oxygen atoms in total. The third kappa shape index (κ3) is 4.44. The fourth-order valence-corrected chi connectivity index (χ4v) is 3.59. The molecule has 0 unspecified atom stereocenters. The van der Waals surface area contributed by atoms with Crippen molar-refractivity contribution >= 4 is 0 Å². The first-order chi connectivity index (χ1) is 12.6. The van der Waals surface area contributed by atoms with Crippen LogP contribution in [0.2, 0.25) is 0 Å². The zero-order chi connectivity index (χ0) is 18.4. The van der Waals surface area contributed by atoms with E-state index in [-0.39, 0.29) is 5.92 Å². The first-order valence-corrected chi connectivity index (χ1v) is 9.42. The molecule has 4 heteroatoms. The first-order valence-electron chi connectivity index (χ1n) is 9.42. The van der Waals surface area contributed by atoms with Crippen molar-refractivity contribution in [3.63, 3.8) is 0 Å². The summed E-state index contributed by atoms with van der Waals surface area (Å²) >= 11 is 0. The minimum Gasteiger partial charge on any atom is -0.494 e. The lowest BCUT2D eigenvalue weighted by atomic mass is 9.78. The summed E-state index contributed by atoms with van der Waals surface area (Å²) in [7, 11) is 0. The molecule has 1 N–H and O–H groups in total. The van der Waals surface area contributed by atoms with E-state index in [1.807, 2.05) is 56.3 Å². The van der Waals surface area contributed by atoms with Gasteiger partial charge in [0, 0.05) is 25.6 Å². The van der Waals surface area contributed by atoms with Gasteiger partial charge in [-0.1, -0.05) is 42.5 Å². The molecule has 1 saturated heterocycles. The molecule has 0 bridgehead atoms. The van der Waals surface area contributed by atoms with Crippen LogP contribution >= 0.6 is 0 Å². The van der Waals surface area contributed by atoms with Crippen LogP contribution in [-0.4, -0.2) is 49.5 Å². The third-order valence-electron chi connectivity index (χ3n) is 5.17. The van der Waals surface area contributed by atoms with Crippen LogP contribution in [0.5, 0.6) is 5.75 Å². The van der Waals surface area contributed by atoms with E-state index in [1.165, 1.54) is 0 Å². The van der Waals surface area contributed by atoms with Gasteiger partial charge in [-0.05, 0) is 37.1 Å². The van der Waals surface area contributed by atoms with Crippen LogP contribution in [0.1, 0.15) is 30.9 Å². The van der Waals surface area contributed by atoms with Crippen LogP contribution in [0.4, 0.5) is 0 Å². The van der Waals surface area contributed by atoms with E-state index in [9.17, 15) is 5.11 Å². The standard InChI is InChI=1S/C22H29NO3/c1-3-26-20-11-9-19(10-12-20)22(2,24)21(18-7-5-4-6-8-18)17-23-13-15-25-16-14-23/h4-12,21,24H,3,13-17H2,1-2H3/t21-,22+/m1/s1. The zero-order valence-electron chi connectivity index (χ0n) is 15.7. The smallest absolute Gasteiger partial charge is 0.119 e. The molecule has 2 aromatic rings. The normalized spacial score (nSPS) is 18.9. The number of nitrogens with zero attached hydrogens (tertiary/aromatic N) is 1. The SMILES string of the molecule is CCOc1ccc([C@](C)(O)[C@H](CN2CCOCC2)c2ccccc2)cc1. The van der Waals surface area contributed by atoms with E-state index in [4.69, 9.17) is 9.47 Å². The van der Waals surface area contributed by atoms with Crippen molar-refractivity contribution < 1.29 is 14.6 Å².